The molecule has 9 heteroatoms. The van der Waals surface area contributed by atoms with E-state index in [2.05, 4.69) is 21.7 Å². The summed E-state index contributed by atoms with van der Waals surface area (Å²) in [6.07, 6.45) is 3.00. The lowest BCUT2D eigenvalue weighted by molar-refractivity contribution is 0.0953. The van der Waals surface area contributed by atoms with Crippen molar-refractivity contribution >= 4 is 17.8 Å². The number of amides is 3. The lowest BCUT2D eigenvalue weighted by Gasteiger charge is -2.23. The fraction of sp³-hybridized carbons (Fsp3) is 0.364. The van der Waals surface area contributed by atoms with Gasteiger partial charge in [-0.1, -0.05) is 6.07 Å². The van der Waals surface area contributed by atoms with Crippen LogP contribution in [-0.2, 0) is 0 Å². The van der Waals surface area contributed by atoms with Gasteiger partial charge >= 0.3 is 6.03 Å². The molecule has 0 bridgehead atoms. The van der Waals surface area contributed by atoms with Crippen LogP contribution in [0.15, 0.2) is 42.6 Å². The summed E-state index contributed by atoms with van der Waals surface area (Å²) in [6, 6.07) is 11.0. The Labute approximate surface area is 180 Å². The molecule has 1 saturated heterocycles. The van der Waals surface area contributed by atoms with Crippen LogP contribution in [0, 0.1) is 17.1 Å². The molecule has 0 spiro atoms. The van der Waals surface area contributed by atoms with Crippen LogP contribution in [0.2, 0.25) is 0 Å². The number of pyridine rings is 1. The molecule has 1 aliphatic heterocycles. The number of nitrogens with one attached hydrogen (secondary N) is 2. The van der Waals surface area contributed by atoms with Crippen molar-refractivity contribution in [2.45, 2.75) is 12.8 Å². The van der Waals surface area contributed by atoms with Crippen LogP contribution in [-0.4, -0.2) is 61.1 Å². The first-order valence-corrected chi connectivity index (χ1v) is 10.2. The van der Waals surface area contributed by atoms with E-state index in [1.165, 1.54) is 18.2 Å². The summed E-state index contributed by atoms with van der Waals surface area (Å²) in [6.45, 7) is 3.27. The molecule has 1 fully saturated rings. The van der Waals surface area contributed by atoms with Crippen molar-refractivity contribution in [3.63, 3.8) is 0 Å². The molecule has 0 aliphatic carbocycles. The Bertz CT molecular complexity index is 961. The zero-order valence-electron chi connectivity index (χ0n) is 17.2. The predicted octanol–water partition coefficient (Wildman–Crippen LogP) is 2.13. The van der Waals surface area contributed by atoms with E-state index in [0.29, 0.717) is 50.5 Å². The number of aromatic nitrogens is 1. The maximum atomic E-state index is 13.2. The van der Waals surface area contributed by atoms with Crippen molar-refractivity contribution in [2.24, 2.45) is 0 Å². The van der Waals surface area contributed by atoms with Crippen LogP contribution in [0.4, 0.5) is 15.0 Å². The molecule has 2 aromatic rings. The number of urea groups is 1. The number of rotatable bonds is 6. The molecule has 0 saturated carbocycles. The summed E-state index contributed by atoms with van der Waals surface area (Å²) in [5.74, 6) is -0.145. The van der Waals surface area contributed by atoms with Gasteiger partial charge in [0, 0.05) is 51.0 Å². The van der Waals surface area contributed by atoms with Crippen LogP contribution < -0.4 is 15.5 Å². The van der Waals surface area contributed by atoms with Crippen molar-refractivity contribution < 1.29 is 14.0 Å². The molecule has 1 aliphatic rings. The second kappa shape index (κ2) is 10.9. The number of hydrogen-bond donors (Lipinski definition) is 2. The van der Waals surface area contributed by atoms with Crippen molar-refractivity contribution in [1.29, 1.82) is 5.26 Å². The van der Waals surface area contributed by atoms with Gasteiger partial charge in [-0.25, -0.2) is 14.2 Å². The van der Waals surface area contributed by atoms with Crippen molar-refractivity contribution in [2.75, 3.05) is 44.2 Å². The number of hydrogen-bond acceptors (Lipinski definition) is 5. The van der Waals surface area contributed by atoms with Crippen LogP contribution >= 0.6 is 0 Å². The van der Waals surface area contributed by atoms with E-state index in [1.54, 1.807) is 29.3 Å². The summed E-state index contributed by atoms with van der Waals surface area (Å²) in [5, 5.41) is 14.9. The lowest BCUT2D eigenvalue weighted by Crippen LogP contribution is -2.43. The Hall–Kier alpha value is -3.67. The third-order valence-corrected chi connectivity index (χ3v) is 4.99. The van der Waals surface area contributed by atoms with Crippen molar-refractivity contribution in [3.05, 3.63) is 59.5 Å². The van der Waals surface area contributed by atoms with Gasteiger partial charge < -0.3 is 20.4 Å². The maximum Gasteiger partial charge on any atom is 0.317 e. The molecular weight excluding hydrogens is 399 g/mol. The Morgan fingerprint density at radius 1 is 1.10 bits per heavy atom. The Morgan fingerprint density at radius 3 is 2.74 bits per heavy atom. The molecule has 3 rings (SSSR count). The maximum absolute atomic E-state index is 13.2. The molecule has 31 heavy (non-hydrogen) atoms. The second-order valence-corrected chi connectivity index (χ2v) is 7.17. The monoisotopic (exact) mass is 424 g/mol. The van der Waals surface area contributed by atoms with Crippen LogP contribution in [0.3, 0.4) is 0 Å². The fourth-order valence-electron chi connectivity index (χ4n) is 3.40. The minimum absolute atomic E-state index is 0.153. The third kappa shape index (κ3) is 6.15. The van der Waals surface area contributed by atoms with Gasteiger partial charge in [-0.15, -0.1) is 0 Å². The van der Waals surface area contributed by atoms with Crippen molar-refractivity contribution in [3.8, 4) is 6.07 Å². The second-order valence-electron chi connectivity index (χ2n) is 7.17. The standard InChI is InChI=1S/C22H25FN6O2/c23-19-7-1-5-17(15-19)21(30)26-9-3-10-27-22(31)29-12-4-11-28(13-14-29)20-18(16-24)6-2-8-25-20/h1-2,5-8,15H,3-4,9-14H2,(H,26,30)(H,27,31). The lowest BCUT2D eigenvalue weighted by atomic mass is 10.2. The smallest absolute Gasteiger partial charge is 0.317 e. The third-order valence-electron chi connectivity index (χ3n) is 4.99. The van der Waals surface area contributed by atoms with Gasteiger partial charge in [0.1, 0.15) is 17.7 Å². The minimum Gasteiger partial charge on any atom is -0.354 e. The first-order valence-electron chi connectivity index (χ1n) is 10.2. The van der Waals surface area contributed by atoms with E-state index in [9.17, 15) is 19.2 Å². The molecule has 8 nitrogen and oxygen atoms in total. The predicted molar refractivity (Wildman–Crippen MR) is 114 cm³/mol. The highest BCUT2D eigenvalue weighted by molar-refractivity contribution is 5.94. The summed E-state index contributed by atoms with van der Waals surface area (Å²) in [7, 11) is 0. The number of halogens is 1. The molecule has 0 unspecified atom stereocenters. The zero-order valence-corrected chi connectivity index (χ0v) is 17.2. The minimum atomic E-state index is -0.456. The van der Waals surface area contributed by atoms with Gasteiger partial charge in [-0.2, -0.15) is 5.26 Å². The number of anilines is 1. The Balaban J connectivity index is 1.39. The van der Waals surface area contributed by atoms with E-state index in [-0.39, 0.29) is 17.5 Å². The number of benzene rings is 1. The van der Waals surface area contributed by atoms with E-state index in [4.69, 9.17) is 0 Å². The molecule has 1 aromatic heterocycles. The van der Waals surface area contributed by atoms with E-state index in [1.807, 2.05) is 4.90 Å². The van der Waals surface area contributed by atoms with E-state index >= 15 is 0 Å². The Morgan fingerprint density at radius 2 is 1.94 bits per heavy atom. The molecule has 3 amide bonds. The normalized spacial score (nSPS) is 13.8. The summed E-state index contributed by atoms with van der Waals surface area (Å²) >= 11 is 0. The number of carbonyl (C=O) groups excluding carboxylic acids is 2. The summed E-state index contributed by atoms with van der Waals surface area (Å²) in [4.78, 5) is 32.6. The number of nitrogens with zero attached hydrogens (tertiary/aromatic N) is 4. The van der Waals surface area contributed by atoms with Gasteiger partial charge in [0.15, 0.2) is 0 Å². The average molecular weight is 424 g/mol. The topological polar surface area (TPSA) is 101 Å². The van der Waals surface area contributed by atoms with Crippen LogP contribution in [0.1, 0.15) is 28.8 Å². The summed E-state index contributed by atoms with van der Waals surface area (Å²) in [5.41, 5.74) is 0.798. The highest BCUT2D eigenvalue weighted by atomic mass is 19.1. The van der Waals surface area contributed by atoms with Crippen LogP contribution in [0.25, 0.3) is 0 Å². The van der Waals surface area contributed by atoms with E-state index < -0.39 is 5.82 Å². The highest BCUT2D eigenvalue weighted by Crippen LogP contribution is 2.18. The van der Waals surface area contributed by atoms with E-state index in [0.717, 1.165) is 13.0 Å². The number of carbonyl (C=O) groups is 2. The molecule has 162 valence electrons. The largest absolute Gasteiger partial charge is 0.354 e. The highest BCUT2D eigenvalue weighted by Gasteiger charge is 2.21. The Kier molecular flexibility index (Phi) is 7.76. The first-order chi connectivity index (χ1) is 15.1. The fourth-order valence-corrected chi connectivity index (χ4v) is 3.40. The summed E-state index contributed by atoms with van der Waals surface area (Å²) < 4.78 is 13.2. The van der Waals surface area contributed by atoms with Gasteiger partial charge in [-0.05, 0) is 43.2 Å². The van der Waals surface area contributed by atoms with Crippen molar-refractivity contribution in [1.82, 2.24) is 20.5 Å². The molecule has 0 radical (unpaired) electrons. The van der Waals surface area contributed by atoms with Gasteiger partial charge in [0.25, 0.3) is 5.91 Å². The van der Waals surface area contributed by atoms with Gasteiger partial charge in [0.05, 0.1) is 5.56 Å². The molecular formula is C22H25FN6O2. The van der Waals surface area contributed by atoms with Gasteiger partial charge in [0.2, 0.25) is 0 Å². The molecule has 2 N–H and O–H groups in total. The average Bonchev–Trinajstić information content (AvgIpc) is 3.05. The SMILES string of the molecule is N#Cc1cccnc1N1CCCN(C(=O)NCCCNC(=O)c2cccc(F)c2)CC1. The number of nitriles is 1. The zero-order chi connectivity index (χ0) is 22.1. The molecule has 1 aromatic carbocycles. The van der Waals surface area contributed by atoms with Crippen LogP contribution in [0.5, 0.6) is 0 Å². The first kappa shape index (κ1) is 22.0. The molecule has 2 heterocycles. The molecule has 0 atom stereocenters. The van der Waals surface area contributed by atoms with Gasteiger partial charge in [-0.3, -0.25) is 4.79 Å². The quantitative estimate of drug-likeness (QED) is 0.692.